The van der Waals surface area contributed by atoms with Crippen molar-refractivity contribution in [1.82, 2.24) is 15.1 Å². The molecule has 1 N–H and O–H groups in total. The lowest BCUT2D eigenvalue weighted by atomic mass is 10.2. The molecule has 0 aliphatic heterocycles. The second-order valence-electron chi connectivity index (χ2n) is 6.32. The molecule has 0 atom stereocenters. The Morgan fingerprint density at radius 3 is 2.78 bits per heavy atom. The number of hydrogen-bond acceptors (Lipinski definition) is 3. The second-order valence-corrected chi connectivity index (χ2v) is 7.32. The first-order valence-electron chi connectivity index (χ1n) is 8.97. The highest BCUT2D eigenvalue weighted by atomic mass is 35.5. The van der Waals surface area contributed by atoms with Gasteiger partial charge in [0.25, 0.3) is 5.91 Å². The molecule has 1 aromatic carbocycles. The number of unbranched alkanes of at least 4 members (excludes halogenated alkanes) is 3. The van der Waals surface area contributed by atoms with Gasteiger partial charge in [-0.05, 0) is 56.4 Å². The largest absolute Gasteiger partial charge is 0.494 e. The molecule has 146 valence electrons. The number of carbonyl (C=O) groups excluding carboxylic acids is 1. The van der Waals surface area contributed by atoms with Crippen molar-refractivity contribution in [3.05, 3.63) is 57.9 Å². The molecule has 0 unspecified atom stereocenters. The van der Waals surface area contributed by atoms with Gasteiger partial charge >= 0.3 is 0 Å². The Labute approximate surface area is 170 Å². The summed E-state index contributed by atoms with van der Waals surface area (Å²) in [5.41, 5.74) is 2.35. The summed E-state index contributed by atoms with van der Waals surface area (Å²) < 4.78 is 7.71. The fourth-order valence-corrected chi connectivity index (χ4v) is 2.88. The molecule has 2 aromatic rings. The predicted molar refractivity (Wildman–Crippen MR) is 109 cm³/mol. The van der Waals surface area contributed by atoms with E-state index < -0.39 is 0 Å². The van der Waals surface area contributed by atoms with Crippen LogP contribution in [0.2, 0.25) is 0 Å². The number of allylic oxidation sites excluding steroid dienone is 1. The van der Waals surface area contributed by atoms with Crippen molar-refractivity contribution in [2.75, 3.05) is 6.61 Å². The van der Waals surface area contributed by atoms with E-state index in [0.717, 1.165) is 42.7 Å². The molecular formula is C20H25Cl2N3O2. The minimum atomic E-state index is -0.143. The predicted octanol–water partition coefficient (Wildman–Crippen LogP) is 4.92. The van der Waals surface area contributed by atoms with Gasteiger partial charge in [-0.2, -0.15) is 5.10 Å². The molecule has 27 heavy (non-hydrogen) atoms. The van der Waals surface area contributed by atoms with Gasteiger partial charge in [0.2, 0.25) is 0 Å². The van der Waals surface area contributed by atoms with E-state index >= 15 is 0 Å². The van der Waals surface area contributed by atoms with Crippen molar-refractivity contribution < 1.29 is 9.53 Å². The van der Waals surface area contributed by atoms with Gasteiger partial charge in [-0.3, -0.25) is 9.48 Å². The average Bonchev–Trinajstić information content (AvgIpc) is 2.97. The Hall–Kier alpha value is -1.98. The number of halogens is 2. The van der Waals surface area contributed by atoms with Crippen LogP contribution in [0.4, 0.5) is 0 Å². The van der Waals surface area contributed by atoms with Crippen LogP contribution >= 0.6 is 23.2 Å². The molecule has 0 aliphatic rings. The molecule has 0 radical (unpaired) electrons. The Bertz CT molecular complexity index is 783. The van der Waals surface area contributed by atoms with Crippen molar-refractivity contribution in [1.29, 1.82) is 0 Å². The number of amides is 1. The fraction of sp³-hybridized carbons (Fsp3) is 0.400. The number of benzene rings is 1. The van der Waals surface area contributed by atoms with Crippen molar-refractivity contribution >= 4 is 29.1 Å². The number of carbonyl (C=O) groups is 1. The molecule has 1 amide bonds. The summed E-state index contributed by atoms with van der Waals surface area (Å²) in [6, 6.07) is 9.53. The molecule has 0 aliphatic carbocycles. The first-order valence-corrected chi connectivity index (χ1v) is 9.73. The molecular weight excluding hydrogens is 385 g/mol. The summed E-state index contributed by atoms with van der Waals surface area (Å²) >= 11 is 11.1. The zero-order valence-electron chi connectivity index (χ0n) is 15.7. The SMILES string of the molecule is Cc1cc(C(=O)NCc2cccc(OCCCCCC=C(Cl)Cl)c2)n(C)n1. The highest BCUT2D eigenvalue weighted by molar-refractivity contribution is 6.55. The van der Waals surface area contributed by atoms with E-state index in [1.54, 1.807) is 17.8 Å². The average molecular weight is 410 g/mol. The van der Waals surface area contributed by atoms with E-state index in [4.69, 9.17) is 27.9 Å². The zero-order valence-corrected chi connectivity index (χ0v) is 17.2. The summed E-state index contributed by atoms with van der Waals surface area (Å²) in [6.07, 6.45) is 5.75. The highest BCUT2D eigenvalue weighted by Crippen LogP contribution is 2.15. The molecule has 1 heterocycles. The van der Waals surface area contributed by atoms with Gasteiger partial charge in [0.15, 0.2) is 0 Å². The lowest BCUT2D eigenvalue weighted by Crippen LogP contribution is -2.25. The van der Waals surface area contributed by atoms with E-state index in [1.165, 1.54) is 0 Å². The number of nitrogens with zero attached hydrogens (tertiary/aromatic N) is 2. The van der Waals surface area contributed by atoms with Crippen LogP contribution in [-0.4, -0.2) is 22.3 Å². The topological polar surface area (TPSA) is 56.1 Å². The third-order valence-corrected chi connectivity index (χ3v) is 4.31. The number of hydrogen-bond donors (Lipinski definition) is 1. The fourth-order valence-electron chi connectivity index (χ4n) is 2.67. The third kappa shape index (κ3) is 7.65. The number of rotatable bonds is 10. The van der Waals surface area contributed by atoms with E-state index in [1.807, 2.05) is 37.3 Å². The number of aromatic nitrogens is 2. The summed E-state index contributed by atoms with van der Waals surface area (Å²) in [7, 11) is 1.76. The molecule has 0 saturated heterocycles. The van der Waals surface area contributed by atoms with Crippen molar-refractivity contribution in [3.8, 4) is 5.75 Å². The van der Waals surface area contributed by atoms with Crippen molar-refractivity contribution in [2.24, 2.45) is 7.05 Å². The van der Waals surface area contributed by atoms with Crippen LogP contribution in [0.25, 0.3) is 0 Å². The first kappa shape index (κ1) is 21.3. The van der Waals surface area contributed by atoms with Crippen LogP contribution in [0.3, 0.4) is 0 Å². The van der Waals surface area contributed by atoms with Gasteiger partial charge in [0.1, 0.15) is 15.9 Å². The smallest absolute Gasteiger partial charge is 0.269 e. The van der Waals surface area contributed by atoms with Crippen LogP contribution < -0.4 is 10.1 Å². The zero-order chi connectivity index (χ0) is 19.6. The summed E-state index contributed by atoms with van der Waals surface area (Å²) in [5.74, 6) is 0.664. The molecule has 0 bridgehead atoms. The van der Waals surface area contributed by atoms with Gasteiger partial charge in [0, 0.05) is 13.6 Å². The summed E-state index contributed by atoms with van der Waals surface area (Å²) in [4.78, 5) is 12.3. The minimum absolute atomic E-state index is 0.143. The number of ether oxygens (including phenoxy) is 1. The highest BCUT2D eigenvalue weighted by Gasteiger charge is 2.11. The molecule has 0 spiro atoms. The Morgan fingerprint density at radius 1 is 1.26 bits per heavy atom. The van der Waals surface area contributed by atoms with E-state index in [-0.39, 0.29) is 5.91 Å². The number of nitrogens with one attached hydrogen (secondary N) is 1. The standard InChI is InChI=1S/C20H25Cl2N3O2/c1-15-12-18(25(2)24-15)20(26)23-14-16-8-7-9-17(13-16)27-11-6-4-3-5-10-19(21)22/h7-10,12-13H,3-6,11,14H2,1-2H3,(H,23,26). The number of aryl methyl sites for hydroxylation is 2. The van der Waals surface area contributed by atoms with Gasteiger partial charge in [-0.15, -0.1) is 0 Å². The van der Waals surface area contributed by atoms with E-state index in [0.29, 0.717) is 23.3 Å². The second kappa shape index (κ2) is 11.0. The van der Waals surface area contributed by atoms with Crippen LogP contribution in [0.5, 0.6) is 5.75 Å². The minimum Gasteiger partial charge on any atom is -0.494 e. The maximum Gasteiger partial charge on any atom is 0.269 e. The van der Waals surface area contributed by atoms with E-state index in [2.05, 4.69) is 10.4 Å². The quantitative estimate of drug-likeness (QED) is 0.566. The van der Waals surface area contributed by atoms with Crippen molar-refractivity contribution in [3.63, 3.8) is 0 Å². The molecule has 5 nitrogen and oxygen atoms in total. The summed E-state index contributed by atoms with van der Waals surface area (Å²) in [6.45, 7) is 2.95. The normalized spacial score (nSPS) is 10.5. The first-order chi connectivity index (χ1) is 13.0. The molecule has 2 rings (SSSR count). The van der Waals surface area contributed by atoms with Crippen LogP contribution in [0.1, 0.15) is 47.4 Å². The molecule has 1 aromatic heterocycles. The lowest BCUT2D eigenvalue weighted by molar-refractivity contribution is 0.0941. The Kier molecular flexibility index (Phi) is 8.69. The van der Waals surface area contributed by atoms with Crippen LogP contribution in [-0.2, 0) is 13.6 Å². The lowest BCUT2D eigenvalue weighted by Gasteiger charge is -2.09. The van der Waals surface area contributed by atoms with Crippen LogP contribution in [0, 0.1) is 6.92 Å². The molecule has 7 heteroatoms. The monoisotopic (exact) mass is 409 g/mol. The van der Waals surface area contributed by atoms with E-state index in [9.17, 15) is 4.79 Å². The van der Waals surface area contributed by atoms with Gasteiger partial charge < -0.3 is 10.1 Å². The Morgan fingerprint density at radius 2 is 2.07 bits per heavy atom. The maximum atomic E-state index is 12.3. The molecule has 0 saturated carbocycles. The third-order valence-electron chi connectivity index (χ3n) is 4.00. The molecule has 0 fully saturated rings. The maximum absolute atomic E-state index is 12.3. The van der Waals surface area contributed by atoms with Crippen LogP contribution in [0.15, 0.2) is 40.9 Å². The Balaban J connectivity index is 1.74. The van der Waals surface area contributed by atoms with Gasteiger partial charge in [0.05, 0.1) is 12.3 Å². The summed E-state index contributed by atoms with van der Waals surface area (Å²) in [5, 5.41) is 7.10. The van der Waals surface area contributed by atoms with Gasteiger partial charge in [-0.25, -0.2) is 0 Å². The van der Waals surface area contributed by atoms with Crippen molar-refractivity contribution in [2.45, 2.75) is 39.2 Å². The van der Waals surface area contributed by atoms with Gasteiger partial charge in [-0.1, -0.05) is 41.4 Å².